The molecule has 222 valence electrons. The number of hydrogen-bond donors (Lipinski definition) is 3. The predicted octanol–water partition coefficient (Wildman–Crippen LogP) is 2.06. The number of imide groups is 1. The summed E-state index contributed by atoms with van der Waals surface area (Å²) in [7, 11) is 1.57. The summed E-state index contributed by atoms with van der Waals surface area (Å²) in [5.41, 5.74) is 2.93. The normalized spacial score (nSPS) is 24.5. The number of carbonyl (C=O) groups excluding carboxylic acids is 4. The van der Waals surface area contributed by atoms with E-state index in [4.69, 9.17) is 0 Å². The van der Waals surface area contributed by atoms with E-state index in [1.165, 1.54) is 4.90 Å². The van der Waals surface area contributed by atoms with Crippen LogP contribution in [-0.4, -0.2) is 67.8 Å². The van der Waals surface area contributed by atoms with Crippen molar-refractivity contribution in [2.45, 2.75) is 62.9 Å². The van der Waals surface area contributed by atoms with Gasteiger partial charge in [-0.1, -0.05) is 42.5 Å². The molecule has 7 rings (SSSR count). The summed E-state index contributed by atoms with van der Waals surface area (Å²) in [6, 6.07) is 13.0. The van der Waals surface area contributed by atoms with Gasteiger partial charge in [0.1, 0.15) is 24.4 Å². The molecule has 2 aliphatic carbocycles. The standard InChI is InChI=1S/C32H34N6O5/c1-33-27(39)18-36-16-24(15-34-36)21-6-9-26-22(14-21)10-12-31(26)29(41)37(30(42)35-31)19-28(40)38-17-23-5-3-2-4-20(23)11-13-32(38,43)25-7-8-25/h2-6,9,14-16,25,43H,7-8,10-13,17-19H2,1H3,(H,33,39)(H,35,42)/t31?,32-/m0/s1. The first-order chi connectivity index (χ1) is 20.7. The van der Waals surface area contributed by atoms with Gasteiger partial charge < -0.3 is 20.6 Å². The van der Waals surface area contributed by atoms with E-state index in [1.54, 1.807) is 24.1 Å². The zero-order chi connectivity index (χ0) is 29.9. The Labute approximate surface area is 248 Å². The molecule has 3 aromatic rings. The zero-order valence-electron chi connectivity index (χ0n) is 24.0. The average molecular weight is 583 g/mol. The molecule has 2 fully saturated rings. The van der Waals surface area contributed by atoms with Crippen LogP contribution in [0.3, 0.4) is 0 Å². The Balaban J connectivity index is 1.12. The van der Waals surface area contributed by atoms with Crippen LogP contribution in [0.2, 0.25) is 0 Å². The van der Waals surface area contributed by atoms with Gasteiger partial charge in [-0.2, -0.15) is 5.10 Å². The third-order valence-electron chi connectivity index (χ3n) is 9.56. The summed E-state index contributed by atoms with van der Waals surface area (Å²) in [5.74, 6) is -1.04. The van der Waals surface area contributed by atoms with Crippen LogP contribution in [0.4, 0.5) is 4.79 Å². The number of fused-ring (bicyclic) bond motifs is 3. The maximum Gasteiger partial charge on any atom is 0.325 e. The fraction of sp³-hybridized carbons (Fsp3) is 0.406. The van der Waals surface area contributed by atoms with Gasteiger partial charge in [0.05, 0.1) is 6.20 Å². The van der Waals surface area contributed by atoms with Gasteiger partial charge in [-0.25, -0.2) is 4.79 Å². The van der Waals surface area contributed by atoms with Crippen molar-refractivity contribution in [3.05, 3.63) is 77.1 Å². The van der Waals surface area contributed by atoms with Crippen LogP contribution in [0, 0.1) is 5.92 Å². The number of nitrogens with zero attached hydrogens (tertiary/aromatic N) is 4. The highest BCUT2D eigenvalue weighted by Gasteiger charge is 2.57. The van der Waals surface area contributed by atoms with Gasteiger partial charge >= 0.3 is 6.03 Å². The molecule has 5 amide bonds. The number of aliphatic hydroxyl groups is 1. The Kier molecular flexibility index (Phi) is 6.39. The molecule has 1 spiro atoms. The minimum atomic E-state index is -1.31. The van der Waals surface area contributed by atoms with Crippen LogP contribution in [0.15, 0.2) is 54.9 Å². The fourth-order valence-corrected chi connectivity index (χ4v) is 7.01. The van der Waals surface area contributed by atoms with Crippen molar-refractivity contribution < 1.29 is 24.3 Å². The smallest absolute Gasteiger partial charge is 0.325 e. The number of urea groups is 1. The number of amides is 5. The SMILES string of the molecule is CNC(=O)Cn1cc(-c2ccc3c(c2)CCC32NC(=O)N(CC(=O)N3Cc4ccccc4CC[C@]3(O)C3CC3)C2=O)cn1. The van der Waals surface area contributed by atoms with E-state index in [9.17, 15) is 24.3 Å². The average Bonchev–Trinajstić information content (AvgIpc) is 3.65. The molecule has 11 nitrogen and oxygen atoms in total. The second kappa shape index (κ2) is 10.0. The number of aryl methyl sites for hydroxylation is 2. The van der Waals surface area contributed by atoms with Crippen molar-refractivity contribution in [2.24, 2.45) is 5.92 Å². The largest absolute Gasteiger partial charge is 0.370 e. The lowest BCUT2D eigenvalue weighted by atomic mass is 9.90. The molecular formula is C32H34N6O5. The molecule has 0 radical (unpaired) electrons. The van der Waals surface area contributed by atoms with Gasteiger partial charge in [0.2, 0.25) is 11.8 Å². The molecular weight excluding hydrogens is 548 g/mol. The second-order valence-electron chi connectivity index (χ2n) is 12.1. The van der Waals surface area contributed by atoms with E-state index in [2.05, 4.69) is 15.7 Å². The van der Waals surface area contributed by atoms with Gasteiger partial charge in [0.15, 0.2) is 0 Å². The third-order valence-corrected chi connectivity index (χ3v) is 9.56. The maximum atomic E-state index is 13.9. The Hall–Kier alpha value is -4.51. The first kappa shape index (κ1) is 27.3. The van der Waals surface area contributed by atoms with Crippen molar-refractivity contribution in [2.75, 3.05) is 13.6 Å². The Morgan fingerprint density at radius 1 is 1.02 bits per heavy atom. The van der Waals surface area contributed by atoms with Crippen LogP contribution in [0.5, 0.6) is 0 Å². The predicted molar refractivity (Wildman–Crippen MR) is 155 cm³/mol. The van der Waals surface area contributed by atoms with Crippen molar-refractivity contribution in [1.29, 1.82) is 0 Å². The van der Waals surface area contributed by atoms with Crippen LogP contribution in [0.25, 0.3) is 11.1 Å². The summed E-state index contributed by atoms with van der Waals surface area (Å²) in [4.78, 5) is 55.3. The third kappa shape index (κ3) is 4.50. The van der Waals surface area contributed by atoms with Crippen LogP contribution in [-0.2, 0) is 45.9 Å². The minimum Gasteiger partial charge on any atom is -0.370 e. The monoisotopic (exact) mass is 582 g/mol. The number of rotatable bonds is 6. The Morgan fingerprint density at radius 3 is 2.56 bits per heavy atom. The number of benzene rings is 2. The van der Waals surface area contributed by atoms with Crippen LogP contribution in [0.1, 0.15) is 47.9 Å². The number of nitrogens with one attached hydrogen (secondary N) is 2. The Morgan fingerprint density at radius 2 is 1.79 bits per heavy atom. The van der Waals surface area contributed by atoms with Crippen LogP contribution >= 0.6 is 0 Å². The first-order valence-corrected chi connectivity index (χ1v) is 14.8. The van der Waals surface area contributed by atoms with E-state index in [0.717, 1.165) is 51.1 Å². The van der Waals surface area contributed by atoms with Crippen molar-refractivity contribution in [3.8, 4) is 11.1 Å². The lowest BCUT2D eigenvalue weighted by molar-refractivity contribution is -0.170. The molecule has 43 heavy (non-hydrogen) atoms. The van der Waals surface area contributed by atoms with E-state index in [1.807, 2.05) is 42.5 Å². The van der Waals surface area contributed by atoms with E-state index in [-0.39, 0.29) is 24.9 Å². The molecule has 4 aliphatic rings. The fourth-order valence-electron chi connectivity index (χ4n) is 7.01. The lowest BCUT2D eigenvalue weighted by Gasteiger charge is -2.39. The van der Waals surface area contributed by atoms with Gasteiger partial charge in [-0.3, -0.25) is 24.0 Å². The molecule has 1 saturated carbocycles. The first-order valence-electron chi connectivity index (χ1n) is 14.8. The quantitative estimate of drug-likeness (QED) is 0.381. The van der Waals surface area contributed by atoms with Gasteiger partial charge in [-0.15, -0.1) is 0 Å². The van der Waals surface area contributed by atoms with E-state index in [0.29, 0.717) is 25.7 Å². The number of aromatic nitrogens is 2. The molecule has 1 saturated heterocycles. The number of likely N-dealkylation sites (N-methyl/N-ethyl adjacent to an activating group) is 1. The highest BCUT2D eigenvalue weighted by atomic mass is 16.3. The number of hydrogen-bond acceptors (Lipinski definition) is 6. The van der Waals surface area contributed by atoms with Crippen molar-refractivity contribution in [3.63, 3.8) is 0 Å². The summed E-state index contributed by atoms with van der Waals surface area (Å²) in [6.07, 6.45) is 7.22. The lowest BCUT2D eigenvalue weighted by Crippen LogP contribution is -2.55. The molecule has 2 aromatic carbocycles. The number of carbonyl (C=O) groups is 4. The topological polar surface area (TPSA) is 137 Å². The van der Waals surface area contributed by atoms with Gasteiger partial charge in [0, 0.05) is 31.3 Å². The molecule has 2 atom stereocenters. The maximum absolute atomic E-state index is 13.9. The second-order valence-corrected chi connectivity index (χ2v) is 12.1. The zero-order valence-corrected chi connectivity index (χ0v) is 24.0. The molecule has 2 aliphatic heterocycles. The molecule has 1 unspecified atom stereocenters. The highest BCUT2D eigenvalue weighted by Crippen LogP contribution is 2.47. The minimum absolute atomic E-state index is 0.00739. The van der Waals surface area contributed by atoms with Crippen molar-refractivity contribution >= 4 is 23.8 Å². The molecule has 0 bridgehead atoms. The summed E-state index contributed by atoms with van der Waals surface area (Å²) in [6.45, 7) is -0.0781. The van der Waals surface area contributed by atoms with Gasteiger partial charge in [-0.05, 0) is 66.3 Å². The highest BCUT2D eigenvalue weighted by molar-refractivity contribution is 6.10. The van der Waals surface area contributed by atoms with E-state index < -0.39 is 35.7 Å². The molecule has 11 heteroatoms. The van der Waals surface area contributed by atoms with Crippen LogP contribution < -0.4 is 10.6 Å². The summed E-state index contributed by atoms with van der Waals surface area (Å²) in [5, 5.41) is 21.5. The van der Waals surface area contributed by atoms with Gasteiger partial charge in [0.25, 0.3) is 5.91 Å². The molecule has 3 N–H and O–H groups in total. The molecule has 1 aromatic heterocycles. The molecule has 3 heterocycles. The van der Waals surface area contributed by atoms with Crippen molar-refractivity contribution in [1.82, 2.24) is 30.2 Å². The summed E-state index contributed by atoms with van der Waals surface area (Å²) < 4.78 is 1.56. The van der Waals surface area contributed by atoms with E-state index >= 15 is 0 Å². The Bertz CT molecular complexity index is 1660. The summed E-state index contributed by atoms with van der Waals surface area (Å²) >= 11 is 0.